The second kappa shape index (κ2) is 14.9. The second-order valence-corrected chi connectivity index (χ2v) is 14.3. The summed E-state index contributed by atoms with van der Waals surface area (Å²) < 4.78 is 10.9. The Labute approximate surface area is 304 Å². The number of carbonyl (C=O) groups is 2. The number of carbonyl (C=O) groups excluding carboxylic acids is 2. The number of fused-ring (bicyclic) bond motifs is 8. The molecule has 8 bridgehead atoms. The van der Waals surface area contributed by atoms with E-state index in [0.29, 0.717) is 22.6 Å². The summed E-state index contributed by atoms with van der Waals surface area (Å²) in [4.78, 5) is 37.5. The van der Waals surface area contributed by atoms with E-state index in [1.807, 2.05) is 39.0 Å². The number of H-pyrrole nitrogens is 3. The van der Waals surface area contributed by atoms with E-state index in [1.165, 1.54) is 18.2 Å². The zero-order valence-corrected chi connectivity index (χ0v) is 31.4. The molecule has 0 spiro atoms. The molecule has 1 unspecified atom stereocenters. The van der Waals surface area contributed by atoms with Gasteiger partial charge in [0.2, 0.25) is 0 Å². The normalized spacial score (nSPS) is 22.9. The number of methoxy groups -OCH3 is 1. The van der Waals surface area contributed by atoms with Gasteiger partial charge < -0.3 is 40.0 Å². The van der Waals surface area contributed by atoms with E-state index in [0.717, 1.165) is 75.0 Å². The number of aromatic nitrogens is 3. The number of rotatable bonds is 11. The van der Waals surface area contributed by atoms with E-state index < -0.39 is 23.8 Å². The molecule has 5 heterocycles. The van der Waals surface area contributed by atoms with Gasteiger partial charge in [-0.15, -0.1) is 0 Å². The molecule has 10 nitrogen and oxygen atoms in total. The van der Waals surface area contributed by atoms with Crippen molar-refractivity contribution in [3.63, 3.8) is 0 Å². The predicted octanol–water partition coefficient (Wildman–Crippen LogP) is 3.70. The van der Waals surface area contributed by atoms with Gasteiger partial charge in [-0.3, -0.25) is 9.59 Å². The molecule has 0 saturated carbocycles. The Morgan fingerprint density at radius 1 is 0.962 bits per heavy atom. The fourth-order valence-electron chi connectivity index (χ4n) is 8.49. The number of aliphatic hydroxyl groups is 2. The summed E-state index contributed by atoms with van der Waals surface area (Å²) in [6.45, 7) is 16.5. The Kier molecular flexibility index (Phi) is 10.6. The third-order valence-corrected chi connectivity index (χ3v) is 11.3. The molecular formula is C42H52N4O6. The van der Waals surface area contributed by atoms with Gasteiger partial charge in [-0.05, 0) is 105 Å². The van der Waals surface area contributed by atoms with Crippen LogP contribution in [-0.2, 0) is 25.5 Å². The van der Waals surface area contributed by atoms with Crippen molar-refractivity contribution in [3.05, 3.63) is 90.1 Å². The number of allylic oxidation sites excluding steroid dienone is 1. The highest BCUT2D eigenvalue weighted by molar-refractivity contribution is 5.95. The molecule has 52 heavy (non-hydrogen) atoms. The predicted molar refractivity (Wildman–Crippen MR) is 204 cm³/mol. The van der Waals surface area contributed by atoms with Gasteiger partial charge in [-0.1, -0.05) is 38.5 Å². The summed E-state index contributed by atoms with van der Waals surface area (Å²) in [6, 6.07) is -0.542. The average Bonchev–Trinajstić information content (AvgIpc) is 3.87. The Morgan fingerprint density at radius 3 is 2.37 bits per heavy atom. The first-order valence-electron chi connectivity index (χ1n) is 18.4. The zero-order chi connectivity index (χ0) is 37.4. The van der Waals surface area contributed by atoms with Gasteiger partial charge in [0.05, 0.1) is 25.1 Å². The molecule has 6 rings (SSSR count). The van der Waals surface area contributed by atoms with Gasteiger partial charge in [0.1, 0.15) is 18.3 Å². The minimum Gasteiger partial charge on any atom is -0.510 e. The highest BCUT2D eigenvalue weighted by atomic mass is 16.5. The number of nitrogens with one attached hydrogen (secondary N) is 4. The van der Waals surface area contributed by atoms with E-state index in [9.17, 15) is 19.8 Å². The quantitative estimate of drug-likeness (QED) is 0.131. The van der Waals surface area contributed by atoms with Gasteiger partial charge in [0, 0.05) is 56.6 Å². The first-order valence-corrected chi connectivity index (χ1v) is 18.4. The molecule has 1 saturated heterocycles. The molecule has 6 N–H and O–H groups in total. The molecular weight excluding hydrogens is 656 g/mol. The van der Waals surface area contributed by atoms with Crippen LogP contribution in [0.25, 0.3) is 35.6 Å². The molecule has 0 amide bonds. The van der Waals surface area contributed by atoms with Crippen molar-refractivity contribution < 1.29 is 29.3 Å². The fourth-order valence-corrected chi connectivity index (χ4v) is 8.49. The van der Waals surface area contributed by atoms with Crippen LogP contribution in [0.2, 0.25) is 0 Å². The van der Waals surface area contributed by atoms with Crippen LogP contribution in [0, 0.1) is 38.5 Å². The van der Waals surface area contributed by atoms with Crippen LogP contribution in [0.3, 0.4) is 0 Å². The fraction of sp³-hybridized carbons (Fsp3) is 0.429. The third-order valence-electron chi connectivity index (χ3n) is 11.3. The van der Waals surface area contributed by atoms with Crippen molar-refractivity contribution in [2.45, 2.75) is 79.7 Å². The van der Waals surface area contributed by atoms with Crippen LogP contribution in [0.15, 0.2) is 23.9 Å². The molecule has 3 aromatic rings. The summed E-state index contributed by atoms with van der Waals surface area (Å²) >= 11 is 0. The van der Waals surface area contributed by atoms with Gasteiger partial charge >= 0.3 is 11.9 Å². The number of ether oxygens (including phenoxy) is 2. The van der Waals surface area contributed by atoms with E-state index in [4.69, 9.17) is 9.47 Å². The minimum atomic E-state index is -1.07. The Hall–Kier alpha value is -4.96. The Bertz CT molecular complexity index is 2240. The van der Waals surface area contributed by atoms with Crippen molar-refractivity contribution in [3.8, 4) is 0 Å². The first-order chi connectivity index (χ1) is 25.0. The lowest BCUT2D eigenvalue weighted by Crippen LogP contribution is -2.38. The van der Waals surface area contributed by atoms with Gasteiger partial charge in [0.15, 0.2) is 0 Å². The summed E-state index contributed by atoms with van der Waals surface area (Å²) in [7, 11) is 1.32. The van der Waals surface area contributed by atoms with E-state index >= 15 is 0 Å². The van der Waals surface area contributed by atoms with E-state index in [2.05, 4.69) is 59.8 Å². The maximum absolute atomic E-state index is 13.5. The van der Waals surface area contributed by atoms with Crippen LogP contribution in [0.1, 0.15) is 91.4 Å². The molecule has 10 heteroatoms. The standard InChI is InChI=1S/C42H52N4O6/c1-9-12-21(4)15-16-52-35(48)14-13-27-28(20-47)34-18-30-23(6)25(10-2)32(44-30)17-29-22(5)26(11-3)33(43-29)19-31-24(7)36-40(45-31)37(39(27)46-34)38(41(36)49)42(50)51-8/h10,15,17-19,27-28,38-39,43-47,49H,2,9,11-14,16,20H2,1,3-8H3/b21-15+,29-17-,33-19-,34-18-/t27-,28-,38+,39?/m0/s1. The molecule has 1 fully saturated rings. The van der Waals surface area contributed by atoms with Gasteiger partial charge in [-0.25, -0.2) is 0 Å². The van der Waals surface area contributed by atoms with Crippen molar-refractivity contribution in [1.82, 2.24) is 20.3 Å². The monoisotopic (exact) mass is 708 g/mol. The smallest absolute Gasteiger partial charge is 0.320 e. The van der Waals surface area contributed by atoms with Crippen LogP contribution in [-0.4, -0.2) is 63.5 Å². The maximum atomic E-state index is 13.5. The lowest BCUT2D eigenvalue weighted by atomic mass is 9.79. The third kappa shape index (κ3) is 6.38. The largest absolute Gasteiger partial charge is 0.510 e. The molecule has 276 valence electrons. The molecule has 0 radical (unpaired) electrons. The summed E-state index contributed by atoms with van der Waals surface area (Å²) in [5, 5.41) is 29.6. The van der Waals surface area contributed by atoms with Crippen molar-refractivity contribution in [2.75, 3.05) is 20.3 Å². The number of aliphatic hydroxyl groups excluding tert-OH is 2. The van der Waals surface area contributed by atoms with Crippen molar-refractivity contribution in [1.29, 1.82) is 0 Å². The molecule has 0 aromatic carbocycles. The van der Waals surface area contributed by atoms with Crippen LogP contribution in [0.4, 0.5) is 0 Å². The molecule has 4 atom stereocenters. The number of hydrogen-bond acceptors (Lipinski definition) is 7. The number of aromatic amines is 3. The molecule has 3 aliphatic rings. The highest BCUT2D eigenvalue weighted by Crippen LogP contribution is 2.42. The summed E-state index contributed by atoms with van der Waals surface area (Å²) in [5.74, 6) is -2.82. The van der Waals surface area contributed by atoms with Crippen LogP contribution >= 0.6 is 0 Å². The number of esters is 2. The van der Waals surface area contributed by atoms with E-state index in [-0.39, 0.29) is 37.3 Å². The van der Waals surface area contributed by atoms with E-state index in [1.54, 1.807) is 0 Å². The highest BCUT2D eigenvalue weighted by Gasteiger charge is 2.48. The lowest BCUT2D eigenvalue weighted by Gasteiger charge is -2.26. The average molecular weight is 709 g/mol. The van der Waals surface area contributed by atoms with Crippen LogP contribution < -0.4 is 26.6 Å². The first kappa shape index (κ1) is 36.8. The van der Waals surface area contributed by atoms with Gasteiger partial charge in [-0.2, -0.15) is 0 Å². The van der Waals surface area contributed by atoms with Crippen molar-refractivity contribution in [2.24, 2.45) is 17.8 Å². The molecule has 3 aromatic heterocycles. The van der Waals surface area contributed by atoms with Crippen LogP contribution in [0.5, 0.6) is 0 Å². The zero-order valence-electron chi connectivity index (χ0n) is 31.4. The van der Waals surface area contributed by atoms with Gasteiger partial charge in [0.25, 0.3) is 0 Å². The minimum absolute atomic E-state index is 0.0774. The molecule has 2 aliphatic heterocycles. The Balaban J connectivity index is 1.58. The van der Waals surface area contributed by atoms with Crippen molar-refractivity contribution >= 4 is 47.6 Å². The Morgan fingerprint density at radius 2 is 1.69 bits per heavy atom. The summed E-state index contributed by atoms with van der Waals surface area (Å²) in [6.07, 6.45) is 13.2. The second-order valence-electron chi connectivity index (χ2n) is 14.3. The molecule has 1 aliphatic carbocycles. The maximum Gasteiger partial charge on any atom is 0.320 e. The summed E-state index contributed by atoms with van der Waals surface area (Å²) in [5.41, 5.74) is 10.2. The lowest BCUT2D eigenvalue weighted by molar-refractivity contribution is -0.143. The number of hydrogen-bond donors (Lipinski definition) is 6. The SMILES string of the molecule is C=Cc1c2[nH]c(c1C)/C=C1\NC(C3=c4[nH]c(c(C)c4=C(O)[C@@H]3C(=O)OC)/C=c3\[nH]/c(c(C)c3CC)=C\2)[C@@H](CCC(=O)OC/C=C(\C)CCC)[C@@H]1CO. The topological polar surface area (TPSA) is 152 Å².